The minimum absolute atomic E-state index is 0.190. The molecule has 0 radical (unpaired) electrons. The van der Waals surface area contributed by atoms with Crippen LogP contribution in [0.2, 0.25) is 0 Å². The van der Waals surface area contributed by atoms with Gasteiger partial charge in [-0.15, -0.1) is 0 Å². The SMILES string of the molecule is COc1ccc(CN2C(=O)/C(=C\c3c(N4CCC(C)CC4)nc4ccccn4c3=O)SC2=S)cc1. The summed E-state index contributed by atoms with van der Waals surface area (Å²) in [5.74, 6) is 1.83. The fourth-order valence-electron chi connectivity index (χ4n) is 4.36. The number of thioether (sulfide) groups is 1. The van der Waals surface area contributed by atoms with Crippen molar-refractivity contribution in [3.8, 4) is 5.75 Å². The number of benzene rings is 1. The van der Waals surface area contributed by atoms with Gasteiger partial charge in [0.25, 0.3) is 11.5 Å². The first-order chi connectivity index (χ1) is 16.9. The minimum atomic E-state index is -0.202. The summed E-state index contributed by atoms with van der Waals surface area (Å²) >= 11 is 6.76. The van der Waals surface area contributed by atoms with Crippen LogP contribution < -0.4 is 15.2 Å². The molecule has 0 bridgehead atoms. The molecule has 2 fully saturated rings. The lowest BCUT2D eigenvalue weighted by molar-refractivity contribution is -0.122. The predicted molar refractivity (Wildman–Crippen MR) is 144 cm³/mol. The van der Waals surface area contributed by atoms with Crippen molar-refractivity contribution in [1.29, 1.82) is 0 Å². The molecule has 0 N–H and O–H groups in total. The molecule has 2 aliphatic heterocycles. The summed E-state index contributed by atoms with van der Waals surface area (Å²) in [4.78, 5) is 35.9. The number of anilines is 1. The molecule has 0 saturated carbocycles. The standard InChI is InChI=1S/C26H26N4O3S2/c1-17-10-13-28(14-11-17)23-20(24(31)29-12-4-3-5-22(29)27-23)15-21-25(32)30(26(34)35-21)16-18-6-8-19(33-2)9-7-18/h3-9,12,15,17H,10-11,13-14,16H2,1-2H3/b21-15+. The Hall–Kier alpha value is -3.17. The second-order valence-corrected chi connectivity index (χ2v) is 10.5. The van der Waals surface area contributed by atoms with Crippen LogP contribution in [0.25, 0.3) is 11.7 Å². The zero-order valence-electron chi connectivity index (χ0n) is 19.6. The highest BCUT2D eigenvalue weighted by atomic mass is 32.2. The number of ether oxygens (including phenoxy) is 1. The topological polar surface area (TPSA) is 67.2 Å². The van der Waals surface area contributed by atoms with Crippen LogP contribution in [0.4, 0.5) is 5.82 Å². The number of piperidine rings is 1. The molecule has 0 atom stereocenters. The number of fused-ring (bicyclic) bond motifs is 1. The summed E-state index contributed by atoms with van der Waals surface area (Å²) in [6.45, 7) is 4.26. The van der Waals surface area contributed by atoms with Gasteiger partial charge in [0.2, 0.25) is 0 Å². The summed E-state index contributed by atoms with van der Waals surface area (Å²) in [6.07, 6.45) is 5.47. The maximum Gasteiger partial charge on any atom is 0.267 e. The zero-order chi connectivity index (χ0) is 24.5. The van der Waals surface area contributed by atoms with E-state index in [9.17, 15) is 9.59 Å². The second kappa shape index (κ2) is 9.83. The van der Waals surface area contributed by atoms with E-state index in [4.69, 9.17) is 21.9 Å². The highest BCUT2D eigenvalue weighted by Crippen LogP contribution is 2.35. The Bertz CT molecular complexity index is 1380. The zero-order valence-corrected chi connectivity index (χ0v) is 21.3. The Balaban J connectivity index is 1.51. The van der Waals surface area contributed by atoms with Gasteiger partial charge >= 0.3 is 0 Å². The molecular weight excluding hydrogens is 480 g/mol. The average Bonchev–Trinajstić information content (AvgIpc) is 3.14. The minimum Gasteiger partial charge on any atom is -0.497 e. The van der Waals surface area contributed by atoms with Crippen LogP contribution in [0.15, 0.2) is 58.4 Å². The Kier molecular flexibility index (Phi) is 6.62. The van der Waals surface area contributed by atoms with Gasteiger partial charge in [0.05, 0.1) is 24.1 Å². The molecule has 1 amide bonds. The van der Waals surface area contributed by atoms with Gasteiger partial charge in [0.15, 0.2) is 0 Å². The largest absolute Gasteiger partial charge is 0.497 e. The lowest BCUT2D eigenvalue weighted by Crippen LogP contribution is -2.36. The maximum atomic E-state index is 13.5. The average molecular weight is 507 g/mol. The smallest absolute Gasteiger partial charge is 0.267 e. The van der Waals surface area contributed by atoms with Crippen molar-refractivity contribution in [2.75, 3.05) is 25.1 Å². The van der Waals surface area contributed by atoms with E-state index in [1.54, 1.807) is 30.3 Å². The number of hydrogen-bond donors (Lipinski definition) is 0. The van der Waals surface area contributed by atoms with Crippen LogP contribution in [0.3, 0.4) is 0 Å². The molecule has 3 aromatic rings. The van der Waals surface area contributed by atoms with E-state index in [1.807, 2.05) is 36.4 Å². The van der Waals surface area contributed by atoms with E-state index in [0.717, 1.165) is 37.2 Å². The van der Waals surface area contributed by atoms with Crippen LogP contribution in [0.5, 0.6) is 5.75 Å². The molecule has 1 aromatic carbocycles. The fourth-order valence-corrected chi connectivity index (χ4v) is 5.60. The van der Waals surface area contributed by atoms with Gasteiger partial charge in [-0.3, -0.25) is 18.9 Å². The van der Waals surface area contributed by atoms with Crippen molar-refractivity contribution in [1.82, 2.24) is 14.3 Å². The van der Waals surface area contributed by atoms with E-state index in [-0.39, 0.29) is 11.5 Å². The highest BCUT2D eigenvalue weighted by molar-refractivity contribution is 8.26. The van der Waals surface area contributed by atoms with Gasteiger partial charge in [-0.1, -0.05) is 49.1 Å². The first-order valence-electron chi connectivity index (χ1n) is 11.6. The number of carbonyl (C=O) groups excluding carboxylic acids is 1. The molecule has 2 aromatic heterocycles. The molecule has 5 rings (SSSR count). The third-order valence-electron chi connectivity index (χ3n) is 6.48. The summed E-state index contributed by atoms with van der Waals surface area (Å²) < 4.78 is 7.21. The number of rotatable bonds is 5. The number of pyridine rings is 1. The van der Waals surface area contributed by atoms with Crippen LogP contribution in [-0.4, -0.2) is 44.7 Å². The number of hydrogen-bond acceptors (Lipinski definition) is 7. The number of methoxy groups -OCH3 is 1. The normalized spacial score (nSPS) is 18.2. The number of carbonyl (C=O) groups is 1. The van der Waals surface area contributed by atoms with E-state index < -0.39 is 0 Å². The van der Waals surface area contributed by atoms with Gasteiger partial charge in [-0.2, -0.15) is 0 Å². The molecule has 180 valence electrons. The van der Waals surface area contributed by atoms with E-state index in [2.05, 4.69) is 11.8 Å². The Labute approximate surface area is 213 Å². The lowest BCUT2D eigenvalue weighted by atomic mass is 9.99. The maximum absolute atomic E-state index is 13.5. The molecule has 9 heteroatoms. The van der Waals surface area contributed by atoms with Gasteiger partial charge in [0.1, 0.15) is 21.5 Å². The van der Waals surface area contributed by atoms with Crippen LogP contribution in [0.1, 0.15) is 30.9 Å². The summed E-state index contributed by atoms with van der Waals surface area (Å²) in [6, 6.07) is 13.0. The second-order valence-electron chi connectivity index (χ2n) is 8.87. The summed E-state index contributed by atoms with van der Waals surface area (Å²) in [5.41, 5.74) is 1.77. The van der Waals surface area contributed by atoms with Crippen molar-refractivity contribution in [3.63, 3.8) is 0 Å². The van der Waals surface area contributed by atoms with Crippen molar-refractivity contribution in [3.05, 3.63) is 75.0 Å². The van der Waals surface area contributed by atoms with E-state index >= 15 is 0 Å². The van der Waals surface area contributed by atoms with Crippen molar-refractivity contribution in [2.45, 2.75) is 26.3 Å². The third-order valence-corrected chi connectivity index (χ3v) is 7.86. The predicted octanol–water partition coefficient (Wildman–Crippen LogP) is 4.34. The van der Waals surface area contributed by atoms with Gasteiger partial charge in [-0.05, 0) is 54.7 Å². The molecule has 0 aliphatic carbocycles. The Morgan fingerprint density at radius 2 is 1.89 bits per heavy atom. The van der Waals surface area contributed by atoms with Gasteiger partial charge in [-0.25, -0.2) is 4.98 Å². The molecule has 2 aliphatic rings. The number of thiocarbonyl (C=S) groups is 1. The summed E-state index contributed by atoms with van der Waals surface area (Å²) in [7, 11) is 1.62. The monoisotopic (exact) mass is 506 g/mol. The van der Waals surface area contributed by atoms with Gasteiger partial charge < -0.3 is 9.64 Å². The Morgan fingerprint density at radius 1 is 1.14 bits per heavy atom. The number of aromatic nitrogens is 2. The van der Waals surface area contributed by atoms with Crippen molar-refractivity contribution < 1.29 is 9.53 Å². The molecule has 35 heavy (non-hydrogen) atoms. The third kappa shape index (κ3) is 4.70. The van der Waals surface area contributed by atoms with Crippen LogP contribution in [-0.2, 0) is 11.3 Å². The molecule has 0 spiro atoms. The van der Waals surface area contributed by atoms with Crippen molar-refractivity contribution >= 4 is 51.7 Å². The Morgan fingerprint density at radius 3 is 2.60 bits per heavy atom. The fraction of sp³-hybridized carbons (Fsp3) is 0.308. The molecule has 7 nitrogen and oxygen atoms in total. The lowest BCUT2D eigenvalue weighted by Gasteiger charge is -2.32. The number of amides is 1. The molecule has 0 unspecified atom stereocenters. The summed E-state index contributed by atoms with van der Waals surface area (Å²) in [5, 5.41) is 0. The van der Waals surface area contributed by atoms with Crippen molar-refractivity contribution in [2.24, 2.45) is 5.92 Å². The van der Waals surface area contributed by atoms with E-state index in [0.29, 0.717) is 38.7 Å². The van der Waals surface area contributed by atoms with Crippen LogP contribution >= 0.6 is 24.0 Å². The van der Waals surface area contributed by atoms with Gasteiger partial charge in [0, 0.05) is 19.3 Å². The molecule has 2 saturated heterocycles. The molecular formula is C26H26N4O3S2. The van der Waals surface area contributed by atoms with Crippen LogP contribution in [0, 0.1) is 5.92 Å². The number of nitrogens with zero attached hydrogens (tertiary/aromatic N) is 4. The van der Waals surface area contributed by atoms with E-state index in [1.165, 1.54) is 16.2 Å². The quantitative estimate of drug-likeness (QED) is 0.377. The first kappa shape index (κ1) is 23.6. The molecule has 4 heterocycles. The first-order valence-corrected chi connectivity index (χ1v) is 12.8. The highest BCUT2D eigenvalue weighted by Gasteiger charge is 2.33.